The lowest BCUT2D eigenvalue weighted by Gasteiger charge is -2.44. The molecule has 2 aliphatic rings. The van der Waals surface area contributed by atoms with Crippen molar-refractivity contribution in [3.63, 3.8) is 0 Å². The van der Waals surface area contributed by atoms with Crippen LogP contribution in [-0.2, 0) is 9.53 Å². The monoisotopic (exact) mass is 240 g/mol. The molecule has 2 atom stereocenters. The Morgan fingerprint density at radius 3 is 2.76 bits per heavy atom. The molecule has 0 aromatic rings. The maximum Gasteiger partial charge on any atom is 0.249 e. The first-order valence-electron chi connectivity index (χ1n) is 6.61. The maximum absolute atomic E-state index is 11.9. The number of hydrogen-bond acceptors (Lipinski definition) is 3. The van der Waals surface area contributed by atoms with E-state index in [4.69, 9.17) is 4.74 Å². The highest BCUT2D eigenvalue weighted by Crippen LogP contribution is 2.25. The van der Waals surface area contributed by atoms with Gasteiger partial charge in [0, 0.05) is 18.6 Å². The van der Waals surface area contributed by atoms with Gasteiger partial charge < -0.3 is 15.0 Å². The lowest BCUT2D eigenvalue weighted by molar-refractivity contribution is -0.160. The third-order valence-corrected chi connectivity index (χ3v) is 3.75. The molecule has 4 nitrogen and oxygen atoms in total. The van der Waals surface area contributed by atoms with Gasteiger partial charge in [-0.3, -0.25) is 4.79 Å². The Bertz CT molecular complexity index is 280. The Hall–Kier alpha value is -0.610. The fraction of sp³-hybridized carbons (Fsp3) is 0.923. The molecule has 2 heterocycles. The van der Waals surface area contributed by atoms with Crippen molar-refractivity contribution < 1.29 is 9.53 Å². The summed E-state index contributed by atoms with van der Waals surface area (Å²) in [6.45, 7) is 9.40. The van der Waals surface area contributed by atoms with Crippen LogP contribution >= 0.6 is 0 Å². The van der Waals surface area contributed by atoms with Gasteiger partial charge in [0.05, 0.1) is 6.10 Å². The predicted octanol–water partition coefficient (Wildman–Crippen LogP) is 1.01. The van der Waals surface area contributed by atoms with Crippen molar-refractivity contribution in [2.75, 3.05) is 26.2 Å². The van der Waals surface area contributed by atoms with Gasteiger partial charge in [0.2, 0.25) is 5.91 Å². The molecule has 0 saturated carbocycles. The second-order valence-corrected chi connectivity index (χ2v) is 6.13. The second kappa shape index (κ2) is 4.94. The first kappa shape index (κ1) is 12.8. The summed E-state index contributed by atoms with van der Waals surface area (Å²) >= 11 is 0. The van der Waals surface area contributed by atoms with E-state index in [0.29, 0.717) is 5.92 Å². The first-order chi connectivity index (χ1) is 7.98. The summed E-state index contributed by atoms with van der Waals surface area (Å²) < 4.78 is 5.72. The van der Waals surface area contributed by atoms with Crippen LogP contribution in [0, 0.1) is 5.92 Å². The predicted molar refractivity (Wildman–Crippen MR) is 66.8 cm³/mol. The number of carbonyl (C=O) groups is 1. The molecule has 4 heteroatoms. The van der Waals surface area contributed by atoms with Gasteiger partial charge in [-0.1, -0.05) is 0 Å². The van der Waals surface area contributed by atoms with E-state index in [1.165, 1.54) is 12.8 Å². The third kappa shape index (κ3) is 2.99. The Labute approximate surface area is 104 Å². The lowest BCUT2D eigenvalue weighted by atomic mass is 9.91. The molecule has 0 spiro atoms. The van der Waals surface area contributed by atoms with E-state index < -0.39 is 0 Å². The summed E-state index contributed by atoms with van der Waals surface area (Å²) in [4.78, 5) is 13.8. The van der Waals surface area contributed by atoms with E-state index in [1.807, 2.05) is 4.90 Å². The van der Waals surface area contributed by atoms with Crippen LogP contribution in [0.15, 0.2) is 0 Å². The quantitative estimate of drug-likeness (QED) is 0.744. The number of amides is 1. The van der Waals surface area contributed by atoms with Crippen LogP contribution in [0.3, 0.4) is 0 Å². The van der Waals surface area contributed by atoms with E-state index in [9.17, 15) is 4.79 Å². The van der Waals surface area contributed by atoms with Crippen LogP contribution < -0.4 is 5.32 Å². The van der Waals surface area contributed by atoms with Gasteiger partial charge in [-0.2, -0.15) is 0 Å². The smallest absolute Gasteiger partial charge is 0.249 e. The molecule has 0 aliphatic carbocycles. The normalized spacial score (nSPS) is 31.7. The van der Waals surface area contributed by atoms with Crippen molar-refractivity contribution in [3.8, 4) is 0 Å². The Kier molecular flexibility index (Phi) is 3.73. The fourth-order valence-electron chi connectivity index (χ4n) is 2.72. The van der Waals surface area contributed by atoms with E-state index in [2.05, 4.69) is 26.1 Å². The average molecular weight is 240 g/mol. The number of hydrogen-bond donors (Lipinski definition) is 1. The van der Waals surface area contributed by atoms with E-state index in [0.717, 1.165) is 19.6 Å². The summed E-state index contributed by atoms with van der Waals surface area (Å²) in [6.07, 6.45) is 2.64. The van der Waals surface area contributed by atoms with Crippen LogP contribution in [0.2, 0.25) is 0 Å². The molecule has 2 aliphatic heterocycles. The zero-order chi connectivity index (χ0) is 12.5. The minimum atomic E-state index is -0.0960. The molecular weight excluding hydrogens is 216 g/mol. The van der Waals surface area contributed by atoms with E-state index in [-0.39, 0.29) is 24.2 Å². The fourth-order valence-corrected chi connectivity index (χ4v) is 2.72. The van der Waals surface area contributed by atoms with Crippen LogP contribution in [0.25, 0.3) is 0 Å². The molecule has 2 unspecified atom stereocenters. The van der Waals surface area contributed by atoms with Crippen molar-refractivity contribution in [2.45, 2.75) is 45.3 Å². The van der Waals surface area contributed by atoms with E-state index >= 15 is 0 Å². The van der Waals surface area contributed by atoms with Gasteiger partial charge in [-0.25, -0.2) is 0 Å². The number of nitrogens with one attached hydrogen (secondary N) is 1. The minimum Gasteiger partial charge on any atom is -0.366 e. The van der Waals surface area contributed by atoms with Crippen LogP contribution in [-0.4, -0.2) is 48.7 Å². The van der Waals surface area contributed by atoms with Crippen molar-refractivity contribution in [3.05, 3.63) is 0 Å². The summed E-state index contributed by atoms with van der Waals surface area (Å²) in [5.41, 5.74) is -0.0960. The molecule has 0 radical (unpaired) electrons. The topological polar surface area (TPSA) is 41.6 Å². The van der Waals surface area contributed by atoms with Gasteiger partial charge in [0.15, 0.2) is 0 Å². The Balaban J connectivity index is 1.99. The van der Waals surface area contributed by atoms with Crippen molar-refractivity contribution in [2.24, 2.45) is 5.92 Å². The number of carbonyl (C=O) groups excluding carboxylic acids is 1. The standard InChI is InChI=1S/C13H24N2O2/c1-13(2,3)15-8-11(17-9-12(15)16)10-5-4-6-14-7-10/h10-11,14H,4-9H2,1-3H3. The zero-order valence-electron chi connectivity index (χ0n) is 11.2. The molecule has 1 amide bonds. The van der Waals surface area contributed by atoms with Crippen LogP contribution in [0.4, 0.5) is 0 Å². The zero-order valence-corrected chi connectivity index (χ0v) is 11.2. The van der Waals surface area contributed by atoms with Gasteiger partial charge in [-0.05, 0) is 46.1 Å². The van der Waals surface area contributed by atoms with E-state index in [1.54, 1.807) is 0 Å². The van der Waals surface area contributed by atoms with Crippen molar-refractivity contribution in [1.82, 2.24) is 10.2 Å². The van der Waals surface area contributed by atoms with Gasteiger partial charge >= 0.3 is 0 Å². The molecule has 2 rings (SSSR count). The summed E-state index contributed by atoms with van der Waals surface area (Å²) in [7, 11) is 0. The van der Waals surface area contributed by atoms with Crippen LogP contribution in [0.1, 0.15) is 33.6 Å². The molecule has 98 valence electrons. The number of piperidine rings is 1. The van der Waals surface area contributed by atoms with Gasteiger partial charge in [-0.15, -0.1) is 0 Å². The van der Waals surface area contributed by atoms with Crippen LogP contribution in [0.5, 0.6) is 0 Å². The summed E-state index contributed by atoms with van der Waals surface area (Å²) in [5.74, 6) is 0.680. The summed E-state index contributed by atoms with van der Waals surface area (Å²) in [5, 5.41) is 3.41. The molecule has 0 bridgehead atoms. The SMILES string of the molecule is CC(C)(C)N1CC(C2CCCNC2)OCC1=O. The highest BCUT2D eigenvalue weighted by Gasteiger charge is 2.37. The number of ether oxygens (including phenoxy) is 1. The molecular formula is C13H24N2O2. The van der Waals surface area contributed by atoms with Gasteiger partial charge in [0.25, 0.3) is 0 Å². The largest absolute Gasteiger partial charge is 0.366 e. The molecule has 0 aromatic carbocycles. The number of morpholine rings is 1. The summed E-state index contributed by atoms with van der Waals surface area (Å²) in [6, 6.07) is 0. The number of nitrogens with zero attached hydrogens (tertiary/aromatic N) is 1. The first-order valence-corrected chi connectivity index (χ1v) is 6.61. The average Bonchev–Trinajstić information content (AvgIpc) is 2.29. The second-order valence-electron chi connectivity index (χ2n) is 6.13. The molecule has 2 saturated heterocycles. The van der Waals surface area contributed by atoms with Crippen molar-refractivity contribution in [1.29, 1.82) is 0 Å². The molecule has 1 N–H and O–H groups in total. The van der Waals surface area contributed by atoms with Gasteiger partial charge in [0.1, 0.15) is 6.61 Å². The maximum atomic E-state index is 11.9. The highest BCUT2D eigenvalue weighted by atomic mass is 16.5. The minimum absolute atomic E-state index is 0.0960. The van der Waals surface area contributed by atoms with Crippen molar-refractivity contribution >= 4 is 5.91 Å². The number of rotatable bonds is 1. The molecule has 0 aromatic heterocycles. The highest BCUT2D eigenvalue weighted by molar-refractivity contribution is 5.78. The molecule has 2 fully saturated rings. The third-order valence-electron chi connectivity index (χ3n) is 3.75. The lowest BCUT2D eigenvalue weighted by Crippen LogP contribution is -2.57. The Morgan fingerprint density at radius 2 is 2.18 bits per heavy atom. The Morgan fingerprint density at radius 1 is 1.41 bits per heavy atom. The molecule has 17 heavy (non-hydrogen) atoms.